The molecule has 2 fully saturated rings. The number of halogens is 2. The van der Waals surface area contributed by atoms with E-state index in [0.717, 1.165) is 38.8 Å². The number of carbonyl (C=O) groups excluding carboxylic acids is 1. The lowest BCUT2D eigenvalue weighted by molar-refractivity contribution is -0.125. The van der Waals surface area contributed by atoms with Crippen molar-refractivity contribution in [2.24, 2.45) is 11.8 Å². The van der Waals surface area contributed by atoms with Gasteiger partial charge in [-0.25, -0.2) is 4.39 Å². The van der Waals surface area contributed by atoms with Gasteiger partial charge < -0.3 is 20.5 Å². The Hall–Kier alpha value is -1.37. The summed E-state index contributed by atoms with van der Waals surface area (Å²) in [6, 6.07) is 4.08. The first kappa shape index (κ1) is 18.4. The Kier molecular flexibility index (Phi) is 6.15. The molecule has 0 aromatic heterocycles. The van der Waals surface area contributed by atoms with E-state index in [0.29, 0.717) is 17.6 Å². The molecule has 0 unspecified atom stereocenters. The van der Waals surface area contributed by atoms with Gasteiger partial charge in [-0.05, 0) is 62.7 Å². The topological polar surface area (TPSA) is 70.6 Å². The van der Waals surface area contributed by atoms with Crippen LogP contribution in [0.1, 0.15) is 25.7 Å². The van der Waals surface area contributed by atoms with E-state index in [2.05, 4.69) is 10.6 Å². The van der Waals surface area contributed by atoms with Gasteiger partial charge in [-0.1, -0.05) is 11.6 Å². The van der Waals surface area contributed by atoms with Crippen LogP contribution in [0.2, 0.25) is 5.02 Å². The predicted molar refractivity (Wildman–Crippen MR) is 93.2 cm³/mol. The maximum absolute atomic E-state index is 13.1. The molecule has 1 saturated carbocycles. The van der Waals surface area contributed by atoms with Crippen molar-refractivity contribution in [2.45, 2.75) is 37.8 Å². The van der Waals surface area contributed by atoms with Crippen molar-refractivity contribution in [3.63, 3.8) is 0 Å². The summed E-state index contributed by atoms with van der Waals surface area (Å²) in [6.07, 6.45) is 3.27. The zero-order valence-electron chi connectivity index (χ0n) is 14.0. The number of hydrogen-bond donors (Lipinski definition) is 3. The second-order valence-corrected chi connectivity index (χ2v) is 7.34. The minimum atomic E-state index is -0.520. The van der Waals surface area contributed by atoms with Crippen molar-refractivity contribution in [1.29, 1.82) is 0 Å². The zero-order chi connectivity index (χ0) is 17.8. The Morgan fingerprint density at radius 2 is 2.08 bits per heavy atom. The quantitative estimate of drug-likeness (QED) is 0.717. The van der Waals surface area contributed by atoms with Crippen molar-refractivity contribution in [2.75, 3.05) is 19.7 Å². The molecule has 5 nitrogen and oxygen atoms in total. The largest absolute Gasteiger partial charge is 0.484 e. The second-order valence-electron chi connectivity index (χ2n) is 6.93. The Morgan fingerprint density at radius 3 is 2.72 bits per heavy atom. The molecule has 3 N–H and O–H groups in total. The van der Waals surface area contributed by atoms with Gasteiger partial charge in [0.15, 0.2) is 6.61 Å². The van der Waals surface area contributed by atoms with E-state index < -0.39 is 5.82 Å². The van der Waals surface area contributed by atoms with Crippen LogP contribution in [-0.2, 0) is 4.79 Å². The van der Waals surface area contributed by atoms with Crippen LogP contribution in [0, 0.1) is 17.7 Å². The van der Waals surface area contributed by atoms with Crippen LogP contribution < -0.4 is 15.4 Å². The van der Waals surface area contributed by atoms with Crippen LogP contribution in [0.4, 0.5) is 4.39 Å². The van der Waals surface area contributed by atoms with Gasteiger partial charge >= 0.3 is 0 Å². The van der Waals surface area contributed by atoms with Gasteiger partial charge in [-0.2, -0.15) is 0 Å². The average molecular weight is 371 g/mol. The fourth-order valence-corrected chi connectivity index (χ4v) is 3.86. The van der Waals surface area contributed by atoms with E-state index in [1.807, 2.05) is 0 Å². The lowest BCUT2D eigenvalue weighted by Crippen LogP contribution is -2.53. The van der Waals surface area contributed by atoms with Crippen molar-refractivity contribution in [3.05, 3.63) is 29.0 Å². The van der Waals surface area contributed by atoms with E-state index in [1.165, 1.54) is 18.2 Å². The summed E-state index contributed by atoms with van der Waals surface area (Å²) in [5.41, 5.74) is 0. The summed E-state index contributed by atoms with van der Waals surface area (Å²) in [6.45, 7) is 1.77. The Bertz CT molecular complexity index is 604. The summed E-state index contributed by atoms with van der Waals surface area (Å²) in [5.74, 6) is 0.377. The molecule has 1 saturated heterocycles. The van der Waals surface area contributed by atoms with Crippen LogP contribution in [0.3, 0.4) is 0 Å². The molecular weight excluding hydrogens is 347 g/mol. The zero-order valence-corrected chi connectivity index (χ0v) is 14.8. The molecule has 0 bridgehead atoms. The predicted octanol–water partition coefficient (Wildman–Crippen LogP) is 2.11. The second kappa shape index (κ2) is 8.34. The Balaban J connectivity index is 1.54. The first-order valence-corrected chi connectivity index (χ1v) is 9.16. The monoisotopic (exact) mass is 370 g/mol. The summed E-state index contributed by atoms with van der Waals surface area (Å²) >= 11 is 5.71. The fraction of sp³-hybridized carbons (Fsp3) is 0.611. The third-order valence-corrected chi connectivity index (χ3v) is 5.43. The minimum Gasteiger partial charge on any atom is -0.484 e. The number of benzene rings is 1. The molecule has 1 heterocycles. The van der Waals surface area contributed by atoms with Crippen molar-refractivity contribution in [3.8, 4) is 5.75 Å². The van der Waals surface area contributed by atoms with Gasteiger partial charge in [-0.15, -0.1) is 0 Å². The summed E-state index contributed by atoms with van der Waals surface area (Å²) in [4.78, 5) is 12.3. The molecule has 3 rings (SSSR count). The van der Waals surface area contributed by atoms with Gasteiger partial charge in [0.1, 0.15) is 11.6 Å². The molecule has 0 spiro atoms. The van der Waals surface area contributed by atoms with Crippen LogP contribution in [0.5, 0.6) is 5.75 Å². The van der Waals surface area contributed by atoms with Gasteiger partial charge in [0.25, 0.3) is 5.91 Å². The molecule has 25 heavy (non-hydrogen) atoms. The molecule has 1 aliphatic heterocycles. The number of carbonyl (C=O) groups is 1. The number of amides is 1. The third-order valence-electron chi connectivity index (χ3n) is 5.14. The molecule has 138 valence electrons. The highest BCUT2D eigenvalue weighted by Gasteiger charge is 2.39. The number of rotatable bonds is 6. The van der Waals surface area contributed by atoms with Gasteiger partial charge in [0.2, 0.25) is 0 Å². The van der Waals surface area contributed by atoms with Crippen LogP contribution >= 0.6 is 11.6 Å². The highest BCUT2D eigenvalue weighted by atomic mass is 35.5. The van der Waals surface area contributed by atoms with E-state index in [9.17, 15) is 14.3 Å². The van der Waals surface area contributed by atoms with E-state index in [-0.39, 0.29) is 29.7 Å². The van der Waals surface area contributed by atoms with Crippen molar-refractivity contribution >= 4 is 17.5 Å². The summed E-state index contributed by atoms with van der Waals surface area (Å²) in [7, 11) is 0. The minimum absolute atomic E-state index is 0.0334. The van der Waals surface area contributed by atoms with Gasteiger partial charge in [0.05, 0.1) is 11.1 Å². The van der Waals surface area contributed by atoms with Crippen molar-refractivity contribution < 1.29 is 19.0 Å². The van der Waals surface area contributed by atoms with Crippen LogP contribution in [-0.4, -0.2) is 42.9 Å². The van der Waals surface area contributed by atoms with Gasteiger partial charge in [-0.3, -0.25) is 4.79 Å². The van der Waals surface area contributed by atoms with Crippen LogP contribution in [0.15, 0.2) is 18.2 Å². The SMILES string of the molecule is O=C(COc1ccc(F)c(Cl)c1)N[C@@H](C1CCNCC1)C1CC(O)C1. The average Bonchev–Trinajstić information content (AvgIpc) is 2.59. The molecule has 1 aliphatic carbocycles. The summed E-state index contributed by atoms with van der Waals surface area (Å²) < 4.78 is 18.6. The maximum atomic E-state index is 13.1. The molecule has 1 aromatic rings. The van der Waals surface area contributed by atoms with Gasteiger partial charge in [0, 0.05) is 12.1 Å². The Labute approximate surface area is 151 Å². The lowest BCUT2D eigenvalue weighted by Gasteiger charge is -2.43. The fourth-order valence-electron chi connectivity index (χ4n) is 3.69. The molecular formula is C18H24ClFN2O3. The lowest BCUT2D eigenvalue weighted by atomic mass is 9.71. The first-order chi connectivity index (χ1) is 12.0. The highest BCUT2D eigenvalue weighted by molar-refractivity contribution is 6.30. The molecule has 0 radical (unpaired) electrons. The van der Waals surface area contributed by atoms with E-state index in [4.69, 9.17) is 16.3 Å². The Morgan fingerprint density at radius 1 is 1.36 bits per heavy atom. The maximum Gasteiger partial charge on any atom is 0.258 e. The molecule has 1 aromatic carbocycles. The number of hydrogen-bond acceptors (Lipinski definition) is 4. The van der Waals surface area contributed by atoms with Crippen LogP contribution in [0.25, 0.3) is 0 Å². The number of nitrogens with one attached hydrogen (secondary N) is 2. The van der Waals surface area contributed by atoms with E-state index >= 15 is 0 Å². The third kappa shape index (κ3) is 4.84. The molecule has 7 heteroatoms. The number of aliphatic hydroxyl groups excluding tert-OH is 1. The molecule has 2 aliphatic rings. The van der Waals surface area contributed by atoms with Crippen molar-refractivity contribution in [1.82, 2.24) is 10.6 Å². The standard InChI is InChI=1S/C18H24ClFN2O3/c19-15-9-14(1-2-16(15)20)25-10-17(24)22-18(12-7-13(23)8-12)11-3-5-21-6-4-11/h1-2,9,11-13,18,21,23H,3-8,10H2,(H,22,24)/t12?,13?,18-/m0/s1. The number of aliphatic hydroxyl groups is 1. The number of piperidine rings is 1. The van der Waals surface area contributed by atoms with E-state index in [1.54, 1.807) is 0 Å². The normalized spacial score (nSPS) is 25.1. The highest BCUT2D eigenvalue weighted by Crippen LogP contribution is 2.35. The first-order valence-electron chi connectivity index (χ1n) is 8.79. The number of ether oxygens (including phenoxy) is 1. The summed E-state index contributed by atoms with van der Waals surface area (Å²) in [5, 5.41) is 16.0. The smallest absolute Gasteiger partial charge is 0.258 e. The molecule has 1 amide bonds. The molecule has 1 atom stereocenters.